The second kappa shape index (κ2) is 14.4. The van der Waals surface area contributed by atoms with Gasteiger partial charge in [0, 0.05) is 28.2 Å². The summed E-state index contributed by atoms with van der Waals surface area (Å²) in [4.78, 5) is 29.2. The molecule has 0 fully saturated rings. The van der Waals surface area contributed by atoms with E-state index in [4.69, 9.17) is 23.2 Å². The monoisotopic (exact) mass is 631 g/mol. The van der Waals surface area contributed by atoms with Crippen molar-refractivity contribution in [3.63, 3.8) is 0 Å². The molecule has 0 unspecified atom stereocenters. The van der Waals surface area contributed by atoms with E-state index in [1.165, 1.54) is 17.0 Å². The second-order valence-electron chi connectivity index (χ2n) is 10.6. The van der Waals surface area contributed by atoms with Crippen LogP contribution in [0.25, 0.3) is 0 Å². The van der Waals surface area contributed by atoms with E-state index in [9.17, 15) is 18.0 Å². The van der Waals surface area contributed by atoms with Gasteiger partial charge in [0.15, 0.2) is 0 Å². The molecule has 0 radical (unpaired) electrons. The van der Waals surface area contributed by atoms with E-state index in [1.807, 2.05) is 33.8 Å². The summed E-state index contributed by atoms with van der Waals surface area (Å²) >= 11 is 13.0. The molecule has 3 aromatic rings. The number of carbonyl (C=O) groups is 2. The summed E-state index contributed by atoms with van der Waals surface area (Å²) < 4.78 is 29.3. The van der Waals surface area contributed by atoms with Gasteiger partial charge in [-0.05, 0) is 76.4 Å². The Morgan fingerprint density at radius 1 is 0.881 bits per heavy atom. The lowest BCUT2D eigenvalue weighted by atomic mass is 10.1. The maximum atomic E-state index is 14.3. The van der Waals surface area contributed by atoms with Crippen LogP contribution in [0.3, 0.4) is 0 Å². The average Bonchev–Trinajstić information content (AvgIpc) is 2.93. The highest BCUT2D eigenvalue weighted by Gasteiger charge is 2.35. The van der Waals surface area contributed by atoms with Gasteiger partial charge in [0.1, 0.15) is 12.6 Å². The van der Waals surface area contributed by atoms with Crippen LogP contribution in [0.4, 0.5) is 5.69 Å². The number of nitrogens with one attached hydrogen (secondary N) is 1. The predicted octanol–water partition coefficient (Wildman–Crippen LogP) is 6.84. The molecule has 1 N–H and O–H groups in total. The Bertz CT molecular complexity index is 1510. The largest absolute Gasteiger partial charge is 0.352 e. The first-order valence-electron chi connectivity index (χ1n) is 14.0. The van der Waals surface area contributed by atoms with Crippen molar-refractivity contribution in [3.8, 4) is 0 Å². The third-order valence-electron chi connectivity index (χ3n) is 7.29. The van der Waals surface area contributed by atoms with Gasteiger partial charge in [-0.3, -0.25) is 13.9 Å². The van der Waals surface area contributed by atoms with Gasteiger partial charge in [0.2, 0.25) is 11.8 Å². The van der Waals surface area contributed by atoms with Gasteiger partial charge in [0.05, 0.1) is 10.6 Å². The fourth-order valence-electron chi connectivity index (χ4n) is 4.65. The quantitative estimate of drug-likeness (QED) is 0.237. The van der Waals surface area contributed by atoms with Crippen LogP contribution in [0.5, 0.6) is 0 Å². The Morgan fingerprint density at radius 2 is 1.48 bits per heavy atom. The number of anilines is 1. The van der Waals surface area contributed by atoms with Crippen LogP contribution in [-0.2, 0) is 26.2 Å². The fourth-order valence-corrected chi connectivity index (χ4v) is 6.65. The highest BCUT2D eigenvalue weighted by molar-refractivity contribution is 7.92. The smallest absolute Gasteiger partial charge is 0.264 e. The van der Waals surface area contributed by atoms with Crippen LogP contribution in [0.1, 0.15) is 55.9 Å². The van der Waals surface area contributed by atoms with Gasteiger partial charge < -0.3 is 10.2 Å². The van der Waals surface area contributed by atoms with E-state index < -0.39 is 28.5 Å². The number of rotatable bonds is 12. The zero-order valence-corrected chi connectivity index (χ0v) is 27.3. The van der Waals surface area contributed by atoms with Gasteiger partial charge in [0.25, 0.3) is 10.0 Å². The van der Waals surface area contributed by atoms with Crippen LogP contribution >= 0.6 is 23.2 Å². The Labute approximate surface area is 259 Å². The van der Waals surface area contributed by atoms with Crippen molar-refractivity contribution in [3.05, 3.63) is 93.0 Å². The predicted molar refractivity (Wildman–Crippen MR) is 171 cm³/mol. The van der Waals surface area contributed by atoms with Crippen LogP contribution in [0.15, 0.2) is 65.6 Å². The van der Waals surface area contributed by atoms with Gasteiger partial charge in [-0.15, -0.1) is 0 Å². The molecule has 10 heteroatoms. The average molecular weight is 633 g/mol. The highest BCUT2D eigenvalue weighted by atomic mass is 35.5. The maximum Gasteiger partial charge on any atom is 0.264 e. The van der Waals surface area contributed by atoms with Crippen LogP contribution < -0.4 is 9.62 Å². The molecule has 2 amide bonds. The number of amides is 2. The number of hydrogen-bond donors (Lipinski definition) is 1. The summed E-state index contributed by atoms with van der Waals surface area (Å²) in [7, 11) is -4.17. The number of aryl methyl sites for hydroxylation is 3. The van der Waals surface area contributed by atoms with Crippen molar-refractivity contribution in [2.45, 2.75) is 77.9 Å². The van der Waals surface area contributed by atoms with E-state index in [0.29, 0.717) is 39.7 Å². The van der Waals surface area contributed by atoms with Crippen LogP contribution in [0, 0.1) is 20.8 Å². The van der Waals surface area contributed by atoms with Crippen molar-refractivity contribution < 1.29 is 18.0 Å². The maximum absolute atomic E-state index is 14.3. The minimum atomic E-state index is -4.17. The molecule has 2 atom stereocenters. The summed E-state index contributed by atoms with van der Waals surface area (Å²) in [6.45, 7) is 10.6. The van der Waals surface area contributed by atoms with Crippen molar-refractivity contribution in [2.75, 3.05) is 10.8 Å². The Hall–Kier alpha value is -3.07. The molecule has 0 saturated carbocycles. The Morgan fingerprint density at radius 3 is 2.02 bits per heavy atom. The zero-order chi connectivity index (χ0) is 31.2. The molecule has 42 heavy (non-hydrogen) atoms. The summed E-state index contributed by atoms with van der Waals surface area (Å²) in [5, 5.41) is 3.65. The normalized spacial score (nSPS) is 12.9. The summed E-state index contributed by atoms with van der Waals surface area (Å²) in [6.07, 6.45) is 1.01. The van der Waals surface area contributed by atoms with E-state index >= 15 is 0 Å². The lowest BCUT2D eigenvalue weighted by molar-refractivity contribution is -0.140. The van der Waals surface area contributed by atoms with E-state index in [0.717, 1.165) is 15.4 Å². The standard InChI is InChI=1S/C32H39Cl2N3O4S/c1-7-24(6)35-32(39)29(8-2)36(19-26-27(33)10-9-11-28(26)34)31(38)20-37(30-17-14-22(4)18-23(30)5)42(40,41)25-15-12-21(3)13-16-25/h9-18,24,29H,7-8,19-20H2,1-6H3,(H,35,39)/t24-,29+/m0/s1. The molecular weight excluding hydrogens is 593 g/mol. The van der Waals surface area contributed by atoms with Crippen LogP contribution in [-0.4, -0.2) is 43.8 Å². The first-order valence-corrected chi connectivity index (χ1v) is 16.2. The lowest BCUT2D eigenvalue weighted by Crippen LogP contribution is -2.53. The number of carbonyl (C=O) groups excluding carboxylic acids is 2. The molecule has 7 nitrogen and oxygen atoms in total. The first kappa shape index (κ1) is 33.4. The van der Waals surface area contributed by atoms with Crippen LogP contribution in [0.2, 0.25) is 10.0 Å². The zero-order valence-electron chi connectivity index (χ0n) is 24.9. The van der Waals surface area contributed by atoms with Crippen molar-refractivity contribution in [1.29, 1.82) is 0 Å². The number of hydrogen-bond acceptors (Lipinski definition) is 4. The van der Waals surface area contributed by atoms with E-state index in [1.54, 1.807) is 56.3 Å². The van der Waals surface area contributed by atoms with E-state index in [-0.39, 0.29) is 23.4 Å². The molecule has 0 heterocycles. The fraction of sp³-hybridized carbons (Fsp3) is 0.375. The number of sulfonamides is 1. The van der Waals surface area contributed by atoms with Gasteiger partial charge >= 0.3 is 0 Å². The van der Waals surface area contributed by atoms with Crippen molar-refractivity contribution in [2.24, 2.45) is 0 Å². The summed E-state index contributed by atoms with van der Waals surface area (Å²) in [6, 6.07) is 15.9. The summed E-state index contributed by atoms with van der Waals surface area (Å²) in [5.74, 6) is -0.893. The molecule has 0 saturated heterocycles. The number of halogens is 2. The third kappa shape index (κ3) is 7.85. The van der Waals surface area contributed by atoms with Crippen molar-refractivity contribution >= 4 is 50.7 Å². The highest BCUT2D eigenvalue weighted by Crippen LogP contribution is 2.30. The first-order chi connectivity index (χ1) is 19.8. The van der Waals surface area contributed by atoms with Gasteiger partial charge in [-0.1, -0.05) is 78.5 Å². The molecule has 226 valence electrons. The Balaban J connectivity index is 2.13. The minimum Gasteiger partial charge on any atom is -0.352 e. The molecule has 0 aliphatic carbocycles. The molecule has 0 aliphatic heterocycles. The number of nitrogens with zero attached hydrogens (tertiary/aromatic N) is 2. The SMILES string of the molecule is CC[C@H](C(=O)N[C@@H](C)CC)N(Cc1c(Cl)cccc1Cl)C(=O)CN(c1ccc(C)cc1C)S(=O)(=O)c1ccc(C)cc1. The molecule has 0 aliphatic rings. The minimum absolute atomic E-state index is 0.0585. The molecule has 0 bridgehead atoms. The lowest BCUT2D eigenvalue weighted by Gasteiger charge is -2.34. The second-order valence-corrected chi connectivity index (χ2v) is 13.3. The third-order valence-corrected chi connectivity index (χ3v) is 9.77. The molecular formula is C32H39Cl2N3O4S. The topological polar surface area (TPSA) is 86.8 Å². The molecule has 3 aromatic carbocycles. The molecule has 3 rings (SSSR count). The summed E-state index contributed by atoms with van der Waals surface area (Å²) in [5.41, 5.74) is 3.41. The molecule has 0 aromatic heterocycles. The molecule has 0 spiro atoms. The Kier molecular flexibility index (Phi) is 11.5. The van der Waals surface area contributed by atoms with E-state index in [2.05, 4.69) is 5.32 Å². The van der Waals surface area contributed by atoms with Crippen molar-refractivity contribution in [1.82, 2.24) is 10.2 Å². The van der Waals surface area contributed by atoms with Gasteiger partial charge in [-0.25, -0.2) is 8.42 Å². The van der Waals surface area contributed by atoms with Gasteiger partial charge in [-0.2, -0.15) is 0 Å². The number of benzene rings is 3.